The monoisotopic (exact) mass is 301 g/mol. The highest BCUT2D eigenvalue weighted by molar-refractivity contribution is 7.99. The maximum atomic E-state index is 12.2. The molecule has 0 radical (unpaired) electrons. The maximum absolute atomic E-state index is 12.2. The second-order valence-corrected chi connectivity index (χ2v) is 6.60. The minimum Gasteiger partial charge on any atom is -0.383 e. The van der Waals surface area contributed by atoms with Crippen LogP contribution in [0.15, 0.2) is 30.3 Å². The van der Waals surface area contributed by atoms with Gasteiger partial charge in [-0.05, 0) is 41.7 Å². The van der Waals surface area contributed by atoms with Crippen LogP contribution in [0.2, 0.25) is 0 Å². The van der Waals surface area contributed by atoms with Crippen LogP contribution in [0.25, 0.3) is 10.8 Å². The van der Waals surface area contributed by atoms with Crippen molar-refractivity contribution in [2.24, 2.45) is 5.92 Å². The Morgan fingerprint density at radius 1 is 1.33 bits per heavy atom. The highest BCUT2D eigenvalue weighted by Crippen LogP contribution is 2.22. The molecule has 1 aromatic heterocycles. The first-order chi connectivity index (χ1) is 10.2. The zero-order valence-corrected chi connectivity index (χ0v) is 12.7. The maximum Gasteiger partial charge on any atom is 0.270 e. The fourth-order valence-electron chi connectivity index (χ4n) is 2.62. The highest BCUT2D eigenvalue weighted by atomic mass is 32.2. The summed E-state index contributed by atoms with van der Waals surface area (Å²) in [6.45, 7) is 0.730. The van der Waals surface area contributed by atoms with Gasteiger partial charge in [-0.25, -0.2) is 4.98 Å². The van der Waals surface area contributed by atoms with Crippen molar-refractivity contribution in [3.05, 3.63) is 36.0 Å². The number of anilines is 1. The van der Waals surface area contributed by atoms with E-state index in [2.05, 4.69) is 10.3 Å². The fourth-order valence-corrected chi connectivity index (χ4v) is 3.82. The molecule has 0 spiro atoms. The molecule has 2 aromatic rings. The Balaban J connectivity index is 1.72. The minimum atomic E-state index is -0.134. The number of hydrogen-bond donors (Lipinski definition) is 2. The summed E-state index contributed by atoms with van der Waals surface area (Å²) in [6, 6.07) is 9.52. The molecule has 0 unspecified atom stereocenters. The van der Waals surface area contributed by atoms with Gasteiger partial charge >= 0.3 is 0 Å². The van der Waals surface area contributed by atoms with Gasteiger partial charge in [0.15, 0.2) is 0 Å². The minimum absolute atomic E-state index is 0.134. The van der Waals surface area contributed by atoms with E-state index < -0.39 is 0 Å². The quantitative estimate of drug-likeness (QED) is 0.914. The molecule has 0 atom stereocenters. The number of amides is 1. The number of nitrogen functional groups attached to an aromatic ring is 1. The molecule has 21 heavy (non-hydrogen) atoms. The lowest BCUT2D eigenvalue weighted by Gasteiger charge is -2.21. The molecular formula is C16H19N3OS. The van der Waals surface area contributed by atoms with Gasteiger partial charge < -0.3 is 11.1 Å². The van der Waals surface area contributed by atoms with E-state index in [-0.39, 0.29) is 5.91 Å². The van der Waals surface area contributed by atoms with Gasteiger partial charge in [-0.15, -0.1) is 0 Å². The number of thioether (sulfide) groups is 1. The van der Waals surface area contributed by atoms with Crippen LogP contribution in [-0.2, 0) is 0 Å². The van der Waals surface area contributed by atoms with Crippen molar-refractivity contribution in [1.29, 1.82) is 0 Å². The van der Waals surface area contributed by atoms with Crippen LogP contribution in [0.1, 0.15) is 23.3 Å². The van der Waals surface area contributed by atoms with Gasteiger partial charge in [0.2, 0.25) is 0 Å². The summed E-state index contributed by atoms with van der Waals surface area (Å²) in [6.07, 6.45) is 2.36. The van der Waals surface area contributed by atoms with Gasteiger partial charge in [0, 0.05) is 11.9 Å². The van der Waals surface area contributed by atoms with E-state index >= 15 is 0 Å². The van der Waals surface area contributed by atoms with Gasteiger partial charge in [0.25, 0.3) is 5.91 Å². The topological polar surface area (TPSA) is 68.0 Å². The first-order valence-corrected chi connectivity index (χ1v) is 8.41. The molecule has 3 rings (SSSR count). The van der Waals surface area contributed by atoms with Crippen LogP contribution in [0.4, 0.5) is 5.82 Å². The Bertz CT molecular complexity index is 653. The predicted octanol–water partition coefficient (Wildman–Crippen LogP) is 2.69. The molecule has 0 saturated carbocycles. The standard InChI is InChI=1S/C16H19N3OS/c17-15-13-4-2-1-3-12(13)9-14(19-15)16(20)18-10-11-5-7-21-8-6-11/h1-4,9,11H,5-8,10H2,(H2,17,19)(H,18,20). The normalized spacial score (nSPS) is 16.0. The summed E-state index contributed by atoms with van der Waals surface area (Å²) < 4.78 is 0. The summed E-state index contributed by atoms with van der Waals surface area (Å²) in [5, 5.41) is 4.83. The van der Waals surface area contributed by atoms with Gasteiger partial charge in [-0.3, -0.25) is 4.79 Å². The molecule has 2 heterocycles. The van der Waals surface area contributed by atoms with Crippen molar-refractivity contribution in [2.75, 3.05) is 23.8 Å². The molecule has 0 bridgehead atoms. The molecule has 1 amide bonds. The molecule has 0 aliphatic carbocycles. The molecule has 5 heteroatoms. The van der Waals surface area contributed by atoms with E-state index in [0.29, 0.717) is 17.4 Å². The van der Waals surface area contributed by atoms with Crippen molar-refractivity contribution < 1.29 is 4.79 Å². The zero-order valence-electron chi connectivity index (χ0n) is 11.8. The largest absolute Gasteiger partial charge is 0.383 e. The summed E-state index contributed by atoms with van der Waals surface area (Å²) >= 11 is 1.99. The van der Waals surface area contributed by atoms with Crippen LogP contribution in [0, 0.1) is 5.92 Å². The van der Waals surface area contributed by atoms with Gasteiger partial charge in [-0.1, -0.05) is 24.3 Å². The molecule has 110 valence electrons. The molecule has 1 aliphatic rings. The summed E-state index contributed by atoms with van der Waals surface area (Å²) in [4.78, 5) is 16.5. The van der Waals surface area contributed by atoms with Crippen LogP contribution in [0.5, 0.6) is 0 Å². The Labute approximate surface area is 128 Å². The molecule has 1 fully saturated rings. The number of aromatic nitrogens is 1. The predicted molar refractivity (Wildman–Crippen MR) is 88.5 cm³/mol. The summed E-state index contributed by atoms with van der Waals surface area (Å²) in [5.74, 6) is 3.26. The van der Waals surface area contributed by atoms with Crippen molar-refractivity contribution in [3.8, 4) is 0 Å². The van der Waals surface area contributed by atoms with E-state index in [9.17, 15) is 4.79 Å². The van der Waals surface area contributed by atoms with Crippen LogP contribution < -0.4 is 11.1 Å². The first kappa shape index (κ1) is 14.2. The number of fused-ring (bicyclic) bond motifs is 1. The lowest BCUT2D eigenvalue weighted by Crippen LogP contribution is -2.31. The van der Waals surface area contributed by atoms with Crippen LogP contribution >= 0.6 is 11.8 Å². The van der Waals surface area contributed by atoms with Crippen molar-refractivity contribution in [3.63, 3.8) is 0 Å². The van der Waals surface area contributed by atoms with Gasteiger partial charge in [0.1, 0.15) is 11.5 Å². The summed E-state index contributed by atoms with van der Waals surface area (Å²) in [7, 11) is 0. The molecule has 4 nitrogen and oxygen atoms in total. The molecule has 3 N–H and O–H groups in total. The lowest BCUT2D eigenvalue weighted by atomic mass is 10.0. The number of nitrogens with one attached hydrogen (secondary N) is 1. The number of hydrogen-bond acceptors (Lipinski definition) is 4. The number of nitrogens with zero attached hydrogens (tertiary/aromatic N) is 1. The second kappa shape index (κ2) is 6.35. The van der Waals surface area contributed by atoms with E-state index in [0.717, 1.165) is 17.3 Å². The Hall–Kier alpha value is -1.75. The van der Waals surface area contributed by atoms with E-state index in [1.807, 2.05) is 36.0 Å². The van der Waals surface area contributed by atoms with Gasteiger partial charge in [0.05, 0.1) is 0 Å². The van der Waals surface area contributed by atoms with E-state index in [4.69, 9.17) is 5.73 Å². The van der Waals surface area contributed by atoms with E-state index in [1.165, 1.54) is 24.3 Å². The van der Waals surface area contributed by atoms with Crippen molar-refractivity contribution >= 4 is 34.3 Å². The number of benzene rings is 1. The van der Waals surface area contributed by atoms with Crippen LogP contribution in [0.3, 0.4) is 0 Å². The number of rotatable bonds is 3. The Kier molecular flexibility index (Phi) is 4.29. The molecule has 1 aliphatic heterocycles. The van der Waals surface area contributed by atoms with Gasteiger partial charge in [-0.2, -0.15) is 11.8 Å². The zero-order chi connectivity index (χ0) is 14.7. The first-order valence-electron chi connectivity index (χ1n) is 7.25. The van der Waals surface area contributed by atoms with E-state index in [1.54, 1.807) is 6.07 Å². The lowest BCUT2D eigenvalue weighted by molar-refractivity contribution is 0.0941. The molecule has 1 saturated heterocycles. The average Bonchev–Trinajstić information content (AvgIpc) is 2.53. The number of carbonyl (C=O) groups is 1. The average molecular weight is 301 g/mol. The third-order valence-electron chi connectivity index (χ3n) is 3.89. The van der Waals surface area contributed by atoms with Crippen molar-refractivity contribution in [1.82, 2.24) is 10.3 Å². The third kappa shape index (κ3) is 3.29. The molecule has 1 aromatic carbocycles. The summed E-state index contributed by atoms with van der Waals surface area (Å²) in [5.41, 5.74) is 6.34. The third-order valence-corrected chi connectivity index (χ3v) is 4.94. The second-order valence-electron chi connectivity index (χ2n) is 5.38. The highest BCUT2D eigenvalue weighted by Gasteiger charge is 2.16. The fraction of sp³-hybridized carbons (Fsp3) is 0.375. The smallest absolute Gasteiger partial charge is 0.270 e. The number of pyridine rings is 1. The Morgan fingerprint density at radius 3 is 2.90 bits per heavy atom. The number of nitrogens with two attached hydrogens (primary N) is 1. The Morgan fingerprint density at radius 2 is 2.10 bits per heavy atom. The van der Waals surface area contributed by atoms with Crippen molar-refractivity contribution in [2.45, 2.75) is 12.8 Å². The number of carbonyl (C=O) groups excluding carboxylic acids is 1. The van der Waals surface area contributed by atoms with Crippen LogP contribution in [-0.4, -0.2) is 28.9 Å². The molecular weight excluding hydrogens is 282 g/mol. The SMILES string of the molecule is Nc1nc(C(=O)NCC2CCSCC2)cc2ccccc12.